The fourth-order valence-corrected chi connectivity index (χ4v) is 6.59. The molecule has 44 heavy (non-hydrogen) atoms. The highest BCUT2D eigenvalue weighted by Gasteiger charge is 2.30. The molecule has 1 unspecified atom stereocenters. The molecule has 1 aliphatic heterocycles. The molecule has 0 radical (unpaired) electrons. The Balaban J connectivity index is 1.06. The van der Waals surface area contributed by atoms with Crippen LogP contribution in [0, 0.1) is 0 Å². The van der Waals surface area contributed by atoms with Gasteiger partial charge in [0.1, 0.15) is 5.75 Å². The van der Waals surface area contributed by atoms with Gasteiger partial charge in [0.25, 0.3) is 5.91 Å². The summed E-state index contributed by atoms with van der Waals surface area (Å²) in [6.45, 7) is 3.62. The molecular formula is C35H35N5O3S. The number of thioether (sulfide) groups is 1. The Morgan fingerprint density at radius 1 is 0.886 bits per heavy atom. The lowest BCUT2D eigenvalue weighted by molar-refractivity contribution is -0.133. The van der Waals surface area contributed by atoms with Gasteiger partial charge in [-0.1, -0.05) is 78.5 Å². The number of hydrogen-bond acceptors (Lipinski definition) is 6. The number of carbonyl (C=O) groups excluding carboxylic acids is 2. The van der Waals surface area contributed by atoms with Gasteiger partial charge in [-0.25, -0.2) is 0 Å². The van der Waals surface area contributed by atoms with Crippen molar-refractivity contribution < 1.29 is 14.3 Å². The summed E-state index contributed by atoms with van der Waals surface area (Å²) in [4.78, 5) is 30.5. The number of fused-ring (bicyclic) bond motifs is 1. The molecule has 2 heterocycles. The summed E-state index contributed by atoms with van der Waals surface area (Å²) in [7, 11) is 1.65. The van der Waals surface area contributed by atoms with Crippen LogP contribution >= 0.6 is 11.8 Å². The van der Waals surface area contributed by atoms with E-state index in [0.717, 1.165) is 44.5 Å². The van der Waals surface area contributed by atoms with Crippen LogP contribution in [0.4, 0.5) is 0 Å². The summed E-state index contributed by atoms with van der Waals surface area (Å²) >= 11 is 1.59. The maximum absolute atomic E-state index is 13.5. The van der Waals surface area contributed by atoms with Crippen molar-refractivity contribution in [3.63, 3.8) is 0 Å². The molecule has 0 bridgehead atoms. The van der Waals surface area contributed by atoms with Crippen LogP contribution in [0.1, 0.15) is 30.1 Å². The molecule has 0 spiro atoms. The van der Waals surface area contributed by atoms with Crippen molar-refractivity contribution in [3.8, 4) is 22.8 Å². The SMILES string of the molecule is COc1ccc(-n2c(SCCCC(=O)N3CCN(C(=O)c4cccc5ccccc45)C(C)C3)nnc2-c2ccccc2)cc1. The lowest BCUT2D eigenvalue weighted by atomic mass is 10.0. The number of hydrogen-bond donors (Lipinski definition) is 0. The van der Waals surface area contributed by atoms with E-state index in [2.05, 4.69) is 14.8 Å². The van der Waals surface area contributed by atoms with Gasteiger partial charge >= 0.3 is 0 Å². The second-order valence-corrected chi connectivity index (χ2v) is 11.9. The minimum atomic E-state index is -0.0620. The van der Waals surface area contributed by atoms with Crippen LogP contribution in [0.2, 0.25) is 0 Å². The molecule has 1 aliphatic rings. The van der Waals surface area contributed by atoms with Gasteiger partial charge in [-0.3, -0.25) is 14.2 Å². The zero-order valence-corrected chi connectivity index (χ0v) is 25.7. The number of carbonyl (C=O) groups is 2. The zero-order valence-electron chi connectivity index (χ0n) is 24.9. The Hall–Kier alpha value is -4.63. The monoisotopic (exact) mass is 605 g/mol. The molecule has 224 valence electrons. The molecule has 1 saturated heterocycles. The fraction of sp³-hybridized carbons (Fsp3) is 0.257. The quantitative estimate of drug-likeness (QED) is 0.144. The van der Waals surface area contributed by atoms with Crippen molar-refractivity contribution in [1.82, 2.24) is 24.6 Å². The van der Waals surface area contributed by atoms with Gasteiger partial charge in [0, 0.05) is 54.7 Å². The molecular weight excluding hydrogens is 570 g/mol. The molecule has 1 fully saturated rings. The number of aromatic nitrogens is 3. The third-order valence-corrected chi connectivity index (χ3v) is 9.04. The van der Waals surface area contributed by atoms with E-state index in [1.807, 2.05) is 114 Å². The average molecular weight is 606 g/mol. The highest BCUT2D eigenvalue weighted by Crippen LogP contribution is 2.29. The number of amides is 2. The molecule has 5 aromatic rings. The van der Waals surface area contributed by atoms with Crippen LogP contribution in [-0.2, 0) is 4.79 Å². The van der Waals surface area contributed by atoms with Gasteiger partial charge in [-0.05, 0) is 54.4 Å². The molecule has 2 amide bonds. The third kappa shape index (κ3) is 6.19. The summed E-state index contributed by atoms with van der Waals surface area (Å²) in [5.74, 6) is 2.41. The van der Waals surface area contributed by atoms with E-state index in [9.17, 15) is 9.59 Å². The summed E-state index contributed by atoms with van der Waals surface area (Å²) in [5.41, 5.74) is 2.63. The number of ether oxygens (including phenoxy) is 1. The van der Waals surface area contributed by atoms with Gasteiger partial charge in [-0.15, -0.1) is 10.2 Å². The summed E-state index contributed by atoms with van der Waals surface area (Å²) < 4.78 is 7.39. The van der Waals surface area contributed by atoms with Crippen LogP contribution in [0.3, 0.4) is 0 Å². The number of benzene rings is 4. The first-order chi connectivity index (χ1) is 21.5. The van der Waals surface area contributed by atoms with E-state index in [1.165, 1.54) is 0 Å². The van der Waals surface area contributed by atoms with Crippen LogP contribution in [0.25, 0.3) is 27.8 Å². The number of rotatable bonds is 9. The lowest BCUT2D eigenvalue weighted by Gasteiger charge is -2.40. The van der Waals surface area contributed by atoms with Gasteiger partial charge in [0.2, 0.25) is 5.91 Å². The first kappa shape index (κ1) is 29.4. The average Bonchev–Trinajstić information content (AvgIpc) is 3.50. The van der Waals surface area contributed by atoms with E-state index >= 15 is 0 Å². The van der Waals surface area contributed by atoms with Crippen molar-refractivity contribution >= 4 is 34.3 Å². The zero-order chi connectivity index (χ0) is 30.5. The molecule has 0 saturated carbocycles. The van der Waals surface area contributed by atoms with E-state index < -0.39 is 0 Å². The topological polar surface area (TPSA) is 80.6 Å². The Kier molecular flexibility index (Phi) is 8.93. The van der Waals surface area contributed by atoms with Crippen LogP contribution in [0.15, 0.2) is 102 Å². The number of methoxy groups -OCH3 is 1. The van der Waals surface area contributed by atoms with Crippen molar-refractivity contribution in [2.24, 2.45) is 0 Å². The maximum Gasteiger partial charge on any atom is 0.254 e. The number of nitrogens with zero attached hydrogens (tertiary/aromatic N) is 5. The first-order valence-electron chi connectivity index (χ1n) is 14.9. The van der Waals surface area contributed by atoms with E-state index in [0.29, 0.717) is 38.0 Å². The molecule has 0 N–H and O–H groups in total. The van der Waals surface area contributed by atoms with Crippen molar-refractivity contribution in [2.45, 2.75) is 31.0 Å². The summed E-state index contributed by atoms with van der Waals surface area (Å²) in [5, 5.41) is 11.8. The smallest absolute Gasteiger partial charge is 0.254 e. The summed E-state index contributed by atoms with van der Waals surface area (Å²) in [6, 6.07) is 31.6. The van der Waals surface area contributed by atoms with Crippen LogP contribution in [0.5, 0.6) is 5.75 Å². The van der Waals surface area contributed by atoms with E-state index in [1.54, 1.807) is 18.9 Å². The summed E-state index contributed by atoms with van der Waals surface area (Å²) in [6.07, 6.45) is 1.16. The van der Waals surface area contributed by atoms with Gasteiger partial charge in [-0.2, -0.15) is 0 Å². The Bertz CT molecular complexity index is 1750. The second kappa shape index (κ2) is 13.3. The van der Waals surface area contributed by atoms with Gasteiger partial charge in [0.05, 0.1) is 7.11 Å². The molecule has 6 rings (SSSR count). The Morgan fingerprint density at radius 2 is 1.64 bits per heavy atom. The highest BCUT2D eigenvalue weighted by molar-refractivity contribution is 7.99. The lowest BCUT2D eigenvalue weighted by Crippen LogP contribution is -2.55. The first-order valence-corrected chi connectivity index (χ1v) is 15.9. The van der Waals surface area contributed by atoms with Crippen molar-refractivity contribution in [3.05, 3.63) is 103 Å². The molecule has 8 nitrogen and oxygen atoms in total. The van der Waals surface area contributed by atoms with E-state index in [4.69, 9.17) is 4.74 Å². The normalized spacial score (nSPS) is 15.0. The Morgan fingerprint density at radius 3 is 2.41 bits per heavy atom. The van der Waals surface area contributed by atoms with E-state index in [-0.39, 0.29) is 17.9 Å². The predicted molar refractivity (Wildman–Crippen MR) is 174 cm³/mol. The van der Waals surface area contributed by atoms with Crippen LogP contribution < -0.4 is 4.74 Å². The third-order valence-electron chi connectivity index (χ3n) is 8.02. The predicted octanol–water partition coefficient (Wildman–Crippen LogP) is 6.34. The molecule has 9 heteroatoms. The van der Waals surface area contributed by atoms with Crippen molar-refractivity contribution in [2.75, 3.05) is 32.5 Å². The molecule has 0 aliphatic carbocycles. The maximum atomic E-state index is 13.5. The number of piperazine rings is 1. The van der Waals surface area contributed by atoms with Crippen LogP contribution in [-0.4, -0.2) is 74.9 Å². The van der Waals surface area contributed by atoms with Crippen molar-refractivity contribution in [1.29, 1.82) is 0 Å². The van der Waals surface area contributed by atoms with Gasteiger partial charge in [0.15, 0.2) is 11.0 Å². The Labute approximate surface area is 261 Å². The minimum Gasteiger partial charge on any atom is -0.497 e. The second-order valence-electron chi connectivity index (χ2n) is 10.9. The molecule has 4 aromatic carbocycles. The fourth-order valence-electron chi connectivity index (χ4n) is 5.70. The standard InChI is InChI=1S/C35H35N5O3S/c1-25-24-38(21-22-39(25)34(42)31-15-8-13-26-10-6-7-14-30(26)31)32(41)16-9-23-44-35-37-36-33(27-11-4-3-5-12-27)40(35)28-17-19-29(43-2)20-18-28/h3-8,10-15,17-20,25H,9,16,21-24H2,1-2H3. The molecule has 1 atom stereocenters. The molecule has 1 aromatic heterocycles. The highest BCUT2D eigenvalue weighted by atomic mass is 32.2. The van der Waals surface area contributed by atoms with Gasteiger partial charge < -0.3 is 14.5 Å². The minimum absolute atomic E-state index is 0.0219. The largest absolute Gasteiger partial charge is 0.497 e.